The van der Waals surface area contributed by atoms with Crippen LogP contribution < -0.4 is 10.6 Å². The first-order chi connectivity index (χ1) is 10.3. The van der Waals surface area contributed by atoms with E-state index in [4.69, 9.17) is 10.7 Å². The fourth-order valence-electron chi connectivity index (χ4n) is 4.10. The molecule has 2 aliphatic rings. The summed E-state index contributed by atoms with van der Waals surface area (Å²) in [5.41, 5.74) is 8.04. The number of para-hydroxylation sites is 2. The fourth-order valence-corrected chi connectivity index (χ4v) is 4.10. The molecule has 1 saturated heterocycles. The molecule has 1 saturated carbocycles. The summed E-state index contributed by atoms with van der Waals surface area (Å²) in [4.78, 5) is 11.8. The van der Waals surface area contributed by atoms with E-state index < -0.39 is 0 Å². The first-order valence-electron chi connectivity index (χ1n) is 8.12. The number of hydrogen-bond donors (Lipinski definition) is 1. The highest BCUT2D eigenvalue weighted by Gasteiger charge is 2.35. The van der Waals surface area contributed by atoms with E-state index in [-0.39, 0.29) is 0 Å². The van der Waals surface area contributed by atoms with Crippen molar-refractivity contribution in [1.82, 2.24) is 9.97 Å². The second-order valence-corrected chi connectivity index (χ2v) is 6.37. The van der Waals surface area contributed by atoms with Crippen molar-refractivity contribution in [2.45, 2.75) is 44.6 Å². The Balaban J connectivity index is 1.72. The molecule has 4 heteroatoms. The van der Waals surface area contributed by atoms with Crippen LogP contribution in [0, 0.1) is 5.92 Å². The van der Waals surface area contributed by atoms with Crippen LogP contribution >= 0.6 is 0 Å². The smallest absolute Gasteiger partial charge is 0.172 e. The molecule has 0 bridgehead atoms. The van der Waals surface area contributed by atoms with Crippen molar-refractivity contribution in [1.29, 1.82) is 0 Å². The lowest BCUT2D eigenvalue weighted by molar-refractivity contribution is 0.429. The van der Waals surface area contributed by atoms with E-state index in [2.05, 4.69) is 9.88 Å². The van der Waals surface area contributed by atoms with E-state index in [9.17, 15) is 0 Å². The molecule has 1 atom stereocenters. The molecule has 0 radical (unpaired) electrons. The maximum Gasteiger partial charge on any atom is 0.172 e. The van der Waals surface area contributed by atoms with Crippen molar-refractivity contribution < 1.29 is 0 Å². The number of nitrogens with zero attached hydrogens (tertiary/aromatic N) is 3. The molecule has 110 valence electrons. The van der Waals surface area contributed by atoms with Gasteiger partial charge in [-0.2, -0.15) is 0 Å². The highest BCUT2D eigenvalue weighted by molar-refractivity contribution is 5.79. The summed E-state index contributed by atoms with van der Waals surface area (Å²) in [5.74, 6) is 2.31. The van der Waals surface area contributed by atoms with Gasteiger partial charge in [0.15, 0.2) is 11.6 Å². The summed E-state index contributed by atoms with van der Waals surface area (Å²) in [6.45, 7) is 1.07. The van der Waals surface area contributed by atoms with Gasteiger partial charge in [0.05, 0.1) is 11.0 Å². The van der Waals surface area contributed by atoms with Crippen LogP contribution in [0.15, 0.2) is 24.3 Å². The Morgan fingerprint density at radius 3 is 2.43 bits per heavy atom. The second kappa shape index (κ2) is 5.17. The number of rotatable bonds is 2. The van der Waals surface area contributed by atoms with E-state index >= 15 is 0 Å². The van der Waals surface area contributed by atoms with Crippen molar-refractivity contribution >= 4 is 22.7 Å². The van der Waals surface area contributed by atoms with E-state index in [1.807, 2.05) is 24.3 Å². The molecular formula is C17H22N4. The van der Waals surface area contributed by atoms with E-state index in [1.54, 1.807) is 0 Å². The lowest BCUT2D eigenvalue weighted by Crippen LogP contribution is -2.35. The lowest BCUT2D eigenvalue weighted by atomic mass is 9.96. The van der Waals surface area contributed by atoms with Gasteiger partial charge in [0.1, 0.15) is 0 Å². The first kappa shape index (κ1) is 12.9. The van der Waals surface area contributed by atoms with E-state index in [1.165, 1.54) is 38.5 Å². The van der Waals surface area contributed by atoms with Gasteiger partial charge in [-0.3, -0.25) is 0 Å². The van der Waals surface area contributed by atoms with Gasteiger partial charge < -0.3 is 10.6 Å². The normalized spacial score (nSPS) is 23.2. The minimum Gasteiger partial charge on any atom is -0.381 e. The Hall–Kier alpha value is -1.84. The van der Waals surface area contributed by atoms with Gasteiger partial charge in [-0.05, 0) is 43.7 Å². The number of hydrogen-bond acceptors (Lipinski definition) is 4. The quantitative estimate of drug-likeness (QED) is 0.917. The zero-order valence-corrected chi connectivity index (χ0v) is 12.3. The molecule has 1 aromatic heterocycles. The molecule has 2 aromatic rings. The van der Waals surface area contributed by atoms with Crippen LogP contribution in [0.25, 0.3) is 11.0 Å². The van der Waals surface area contributed by atoms with E-state index in [0.29, 0.717) is 11.9 Å². The highest BCUT2D eigenvalue weighted by Crippen LogP contribution is 2.38. The predicted octanol–water partition coefficient (Wildman–Crippen LogP) is 3.37. The monoisotopic (exact) mass is 282 g/mol. The second-order valence-electron chi connectivity index (χ2n) is 6.37. The Labute approximate surface area is 125 Å². The third kappa shape index (κ3) is 2.23. The largest absolute Gasteiger partial charge is 0.381 e. The van der Waals surface area contributed by atoms with Gasteiger partial charge in [-0.15, -0.1) is 0 Å². The van der Waals surface area contributed by atoms with Crippen LogP contribution in [0.4, 0.5) is 11.6 Å². The summed E-state index contributed by atoms with van der Waals surface area (Å²) in [5, 5.41) is 0. The van der Waals surface area contributed by atoms with Crippen molar-refractivity contribution in [3.8, 4) is 0 Å². The molecule has 0 spiro atoms. The summed E-state index contributed by atoms with van der Waals surface area (Å²) >= 11 is 0. The SMILES string of the molecule is Nc1nc2ccccc2nc1N1CCCC1C1CCCC1. The summed E-state index contributed by atoms with van der Waals surface area (Å²) in [6.07, 6.45) is 8.01. The Kier molecular flexibility index (Phi) is 3.17. The predicted molar refractivity (Wildman–Crippen MR) is 86.3 cm³/mol. The highest BCUT2D eigenvalue weighted by atomic mass is 15.3. The van der Waals surface area contributed by atoms with Crippen molar-refractivity contribution in [2.24, 2.45) is 5.92 Å². The van der Waals surface area contributed by atoms with Gasteiger partial charge in [0, 0.05) is 12.6 Å². The number of benzene rings is 1. The number of nitrogen functional groups attached to an aromatic ring is 1. The Morgan fingerprint density at radius 1 is 0.952 bits per heavy atom. The zero-order valence-electron chi connectivity index (χ0n) is 12.3. The van der Waals surface area contributed by atoms with Crippen LogP contribution in [0.5, 0.6) is 0 Å². The van der Waals surface area contributed by atoms with Crippen LogP contribution in [0.1, 0.15) is 38.5 Å². The Morgan fingerprint density at radius 2 is 1.67 bits per heavy atom. The fraction of sp³-hybridized carbons (Fsp3) is 0.529. The molecule has 1 aliphatic heterocycles. The number of anilines is 2. The van der Waals surface area contributed by atoms with Gasteiger partial charge in [-0.1, -0.05) is 25.0 Å². The molecule has 1 aromatic carbocycles. The number of aromatic nitrogens is 2. The number of nitrogens with two attached hydrogens (primary N) is 1. The maximum absolute atomic E-state index is 6.21. The van der Waals surface area contributed by atoms with Gasteiger partial charge >= 0.3 is 0 Å². The molecule has 2 heterocycles. The lowest BCUT2D eigenvalue weighted by Gasteiger charge is -2.30. The topological polar surface area (TPSA) is 55.0 Å². The minimum absolute atomic E-state index is 0.582. The molecule has 2 N–H and O–H groups in total. The third-order valence-corrected chi connectivity index (χ3v) is 5.09. The van der Waals surface area contributed by atoms with Crippen LogP contribution in [0.3, 0.4) is 0 Å². The van der Waals surface area contributed by atoms with Crippen molar-refractivity contribution in [2.75, 3.05) is 17.2 Å². The summed E-state index contributed by atoms with van der Waals surface area (Å²) in [7, 11) is 0. The summed E-state index contributed by atoms with van der Waals surface area (Å²) < 4.78 is 0. The summed E-state index contributed by atoms with van der Waals surface area (Å²) in [6, 6.07) is 8.60. The average molecular weight is 282 g/mol. The van der Waals surface area contributed by atoms with Crippen LogP contribution in [0.2, 0.25) is 0 Å². The molecule has 4 nitrogen and oxygen atoms in total. The first-order valence-corrected chi connectivity index (χ1v) is 8.12. The molecule has 4 rings (SSSR count). The molecular weight excluding hydrogens is 260 g/mol. The standard InChI is InChI=1S/C17H22N4/c18-16-17(20-14-9-4-3-8-13(14)19-16)21-11-5-10-15(21)12-6-1-2-7-12/h3-4,8-9,12,15H,1-2,5-7,10-11H2,(H2,18,19). The van der Waals surface area contributed by atoms with Gasteiger partial charge in [-0.25, -0.2) is 9.97 Å². The number of fused-ring (bicyclic) bond motifs is 1. The van der Waals surface area contributed by atoms with Gasteiger partial charge in [0.2, 0.25) is 0 Å². The van der Waals surface area contributed by atoms with E-state index in [0.717, 1.165) is 29.3 Å². The van der Waals surface area contributed by atoms with Crippen molar-refractivity contribution in [3.63, 3.8) is 0 Å². The van der Waals surface area contributed by atoms with Crippen LogP contribution in [-0.4, -0.2) is 22.6 Å². The average Bonchev–Trinajstić information content (AvgIpc) is 3.17. The molecule has 2 fully saturated rings. The molecule has 21 heavy (non-hydrogen) atoms. The maximum atomic E-state index is 6.21. The van der Waals surface area contributed by atoms with Crippen LogP contribution in [-0.2, 0) is 0 Å². The minimum atomic E-state index is 0.582. The Bertz CT molecular complexity index is 648. The zero-order chi connectivity index (χ0) is 14.2. The molecule has 1 aliphatic carbocycles. The van der Waals surface area contributed by atoms with Crippen molar-refractivity contribution in [3.05, 3.63) is 24.3 Å². The molecule has 0 amide bonds. The molecule has 1 unspecified atom stereocenters. The van der Waals surface area contributed by atoms with Gasteiger partial charge in [0.25, 0.3) is 0 Å². The third-order valence-electron chi connectivity index (χ3n) is 5.09.